The fourth-order valence-corrected chi connectivity index (χ4v) is 9.38. The van der Waals surface area contributed by atoms with E-state index in [9.17, 15) is 19.5 Å². The van der Waals surface area contributed by atoms with Crippen LogP contribution in [0, 0.1) is 0 Å². The molecule has 0 saturated heterocycles. The number of nitrogens with zero attached hydrogens (tertiary/aromatic N) is 1. The van der Waals surface area contributed by atoms with E-state index in [-0.39, 0.29) is 38.6 Å². The minimum atomic E-state index is -1.62. The van der Waals surface area contributed by atoms with Gasteiger partial charge >= 0.3 is 11.9 Å². The van der Waals surface area contributed by atoms with Crippen LogP contribution in [0.3, 0.4) is 0 Å². The number of hydrogen-bond donors (Lipinski definition) is 0. The lowest BCUT2D eigenvalue weighted by Gasteiger charge is -2.26. The SMILES string of the molecule is CC/C=C\C/C=C\C/C=C\C/C=C\CCCCCCCCCCCCCCCCCCCCCCCCCCCCC(=O)OC(COC(=O)CCCCCCC/C=C\C/C=C\CCCCC)COC(OCC[N+](C)(C)C)C(=O)[O-]. The van der Waals surface area contributed by atoms with Crippen molar-refractivity contribution in [3.8, 4) is 0 Å². The number of carbonyl (C=O) groups excluding carboxylic acids is 3. The number of allylic oxidation sites excluding steroid dienone is 12. The number of aliphatic carboxylic acids is 1. The molecule has 2 unspecified atom stereocenters. The number of hydrogen-bond acceptors (Lipinski definition) is 8. The quantitative estimate of drug-likeness (QED) is 0.0195. The molecular weight excluding hydrogens is 983 g/mol. The number of unbranched alkanes of at least 4 members (excludes halogenated alkanes) is 34. The van der Waals surface area contributed by atoms with Crippen molar-refractivity contribution in [2.24, 2.45) is 0 Å². The molecule has 0 spiro atoms. The number of carbonyl (C=O) groups is 3. The molecule has 9 heteroatoms. The lowest BCUT2D eigenvalue weighted by atomic mass is 10.0. The lowest BCUT2D eigenvalue weighted by Crippen LogP contribution is -2.44. The first kappa shape index (κ1) is 75.7. The Morgan fingerprint density at radius 2 is 0.722 bits per heavy atom. The van der Waals surface area contributed by atoms with Crippen LogP contribution in [-0.4, -0.2) is 82.3 Å². The van der Waals surface area contributed by atoms with Crippen molar-refractivity contribution in [1.29, 1.82) is 0 Å². The van der Waals surface area contributed by atoms with E-state index < -0.39 is 24.3 Å². The van der Waals surface area contributed by atoms with Gasteiger partial charge in [0.15, 0.2) is 12.4 Å². The molecule has 0 heterocycles. The van der Waals surface area contributed by atoms with E-state index in [0.717, 1.165) is 83.5 Å². The van der Waals surface area contributed by atoms with Crippen LogP contribution in [0.15, 0.2) is 72.9 Å². The summed E-state index contributed by atoms with van der Waals surface area (Å²) in [6.07, 6.45) is 77.1. The Hall–Kier alpha value is -3.27. The Bertz CT molecular complexity index is 1520. The number of rotatable bonds is 61. The van der Waals surface area contributed by atoms with Crippen molar-refractivity contribution in [3.63, 3.8) is 0 Å². The summed E-state index contributed by atoms with van der Waals surface area (Å²) in [6, 6.07) is 0. The zero-order valence-electron chi connectivity index (χ0n) is 52.2. The van der Waals surface area contributed by atoms with Crippen LogP contribution in [0.2, 0.25) is 0 Å². The maximum atomic E-state index is 12.9. The monoisotopic (exact) mass is 1110 g/mol. The average Bonchev–Trinajstić information content (AvgIpc) is 3.42. The van der Waals surface area contributed by atoms with Crippen molar-refractivity contribution in [1.82, 2.24) is 0 Å². The van der Waals surface area contributed by atoms with E-state index in [0.29, 0.717) is 17.4 Å². The molecule has 0 aliphatic heterocycles. The van der Waals surface area contributed by atoms with Gasteiger partial charge in [-0.15, -0.1) is 0 Å². The van der Waals surface area contributed by atoms with E-state index >= 15 is 0 Å². The van der Waals surface area contributed by atoms with E-state index in [2.05, 4.69) is 86.8 Å². The summed E-state index contributed by atoms with van der Waals surface area (Å²) in [4.78, 5) is 37.3. The van der Waals surface area contributed by atoms with Crippen LogP contribution in [0.25, 0.3) is 0 Å². The van der Waals surface area contributed by atoms with Gasteiger partial charge in [-0.2, -0.15) is 0 Å². The lowest BCUT2D eigenvalue weighted by molar-refractivity contribution is -0.870. The Morgan fingerprint density at radius 3 is 1.08 bits per heavy atom. The Morgan fingerprint density at radius 1 is 0.392 bits per heavy atom. The largest absolute Gasteiger partial charge is 0.545 e. The van der Waals surface area contributed by atoms with Gasteiger partial charge in [0.05, 0.1) is 40.3 Å². The second-order valence-electron chi connectivity index (χ2n) is 23.4. The molecule has 0 aliphatic carbocycles. The molecule has 0 fully saturated rings. The minimum Gasteiger partial charge on any atom is -0.545 e. The van der Waals surface area contributed by atoms with Crippen LogP contribution in [0.1, 0.15) is 296 Å². The number of quaternary nitrogens is 1. The first-order valence-corrected chi connectivity index (χ1v) is 33.1. The molecule has 2 atom stereocenters. The molecule has 0 radical (unpaired) electrons. The highest BCUT2D eigenvalue weighted by Crippen LogP contribution is 2.18. The highest BCUT2D eigenvalue weighted by Gasteiger charge is 2.22. The highest BCUT2D eigenvalue weighted by atomic mass is 16.7. The molecule has 79 heavy (non-hydrogen) atoms. The number of carboxylic acids is 1. The van der Waals surface area contributed by atoms with Gasteiger partial charge in [0.1, 0.15) is 13.2 Å². The molecule has 0 saturated carbocycles. The number of likely N-dealkylation sites (N-methyl/N-ethyl adjacent to an activating group) is 1. The van der Waals surface area contributed by atoms with E-state index in [4.69, 9.17) is 18.9 Å². The van der Waals surface area contributed by atoms with Crippen molar-refractivity contribution < 1.29 is 42.9 Å². The molecule has 0 aromatic rings. The van der Waals surface area contributed by atoms with Gasteiger partial charge in [0.25, 0.3) is 0 Å². The van der Waals surface area contributed by atoms with E-state index in [1.54, 1.807) is 0 Å². The van der Waals surface area contributed by atoms with Gasteiger partial charge in [-0.25, -0.2) is 0 Å². The van der Waals surface area contributed by atoms with Crippen molar-refractivity contribution in [3.05, 3.63) is 72.9 Å². The van der Waals surface area contributed by atoms with Gasteiger partial charge in [0.2, 0.25) is 0 Å². The smallest absolute Gasteiger partial charge is 0.306 e. The molecule has 0 bridgehead atoms. The summed E-state index contributed by atoms with van der Waals surface area (Å²) in [6.45, 7) is 4.62. The molecule has 0 aliphatic rings. The minimum absolute atomic E-state index is 0.145. The number of carboxylic acid groups (broad SMARTS) is 1. The van der Waals surface area contributed by atoms with Crippen molar-refractivity contribution >= 4 is 17.9 Å². The molecule has 9 nitrogen and oxygen atoms in total. The Balaban J connectivity index is 3.96. The normalized spacial score (nSPS) is 13.2. The Kier molecular flexibility index (Phi) is 58.3. The van der Waals surface area contributed by atoms with Crippen LogP contribution in [-0.2, 0) is 33.3 Å². The molecule has 458 valence electrons. The molecule has 0 aromatic heterocycles. The summed E-state index contributed by atoms with van der Waals surface area (Å²) in [5.74, 6) is -2.29. The van der Waals surface area contributed by atoms with Gasteiger partial charge in [-0.3, -0.25) is 9.59 Å². The second-order valence-corrected chi connectivity index (χ2v) is 23.4. The van der Waals surface area contributed by atoms with Crippen molar-refractivity contribution in [2.45, 2.75) is 309 Å². The first-order chi connectivity index (χ1) is 38.6. The van der Waals surface area contributed by atoms with E-state index in [1.165, 1.54) is 180 Å². The molecular formula is C70H125NO8. The van der Waals surface area contributed by atoms with E-state index in [1.807, 2.05) is 21.1 Å². The zero-order valence-corrected chi connectivity index (χ0v) is 52.2. The summed E-state index contributed by atoms with van der Waals surface area (Å²) in [5.41, 5.74) is 0. The molecule has 0 aromatic carbocycles. The molecule has 0 amide bonds. The summed E-state index contributed by atoms with van der Waals surface area (Å²) in [7, 11) is 5.92. The topological polar surface area (TPSA) is 111 Å². The number of esters is 2. The predicted molar refractivity (Wildman–Crippen MR) is 334 cm³/mol. The van der Waals surface area contributed by atoms with Crippen LogP contribution in [0.4, 0.5) is 0 Å². The predicted octanol–water partition coefficient (Wildman–Crippen LogP) is 18.8. The third-order valence-corrected chi connectivity index (χ3v) is 14.4. The summed E-state index contributed by atoms with van der Waals surface area (Å²) < 4.78 is 22.7. The van der Waals surface area contributed by atoms with Gasteiger partial charge in [-0.1, -0.05) is 273 Å². The first-order valence-electron chi connectivity index (χ1n) is 33.1. The fourth-order valence-electron chi connectivity index (χ4n) is 9.38. The Labute approximate surface area is 487 Å². The van der Waals surface area contributed by atoms with Gasteiger partial charge in [-0.05, 0) is 83.5 Å². The van der Waals surface area contributed by atoms with Gasteiger partial charge in [0, 0.05) is 12.8 Å². The van der Waals surface area contributed by atoms with Crippen LogP contribution < -0.4 is 5.11 Å². The fraction of sp³-hybridized carbons (Fsp3) is 0.786. The van der Waals surface area contributed by atoms with Crippen LogP contribution in [0.5, 0.6) is 0 Å². The summed E-state index contributed by atoms with van der Waals surface area (Å²) in [5, 5.41) is 11.8. The maximum absolute atomic E-state index is 12.9. The van der Waals surface area contributed by atoms with Crippen LogP contribution >= 0.6 is 0 Å². The van der Waals surface area contributed by atoms with Crippen molar-refractivity contribution in [2.75, 3.05) is 47.5 Å². The maximum Gasteiger partial charge on any atom is 0.306 e. The number of ether oxygens (including phenoxy) is 4. The third kappa shape index (κ3) is 62.2. The highest BCUT2D eigenvalue weighted by molar-refractivity contribution is 5.70. The van der Waals surface area contributed by atoms with Gasteiger partial charge < -0.3 is 33.3 Å². The zero-order chi connectivity index (χ0) is 57.6. The molecule has 0 N–H and O–H groups in total. The second kappa shape index (κ2) is 60.8. The third-order valence-electron chi connectivity index (χ3n) is 14.4. The summed E-state index contributed by atoms with van der Waals surface area (Å²) >= 11 is 0. The average molecular weight is 1110 g/mol. The standard InChI is InChI=1S/C70H125NO8/c1-6-8-10-12-14-16-18-20-22-23-24-25-26-27-28-29-30-31-32-33-34-35-36-37-38-39-40-41-42-43-44-45-47-49-51-53-55-57-59-61-68(73)79-66(65-78-70(69(74)75)76-63-62-71(3,4)5)64-77-67(72)60-58-56-54-52-50-48-46-21-19-17-15-13-11-9-7-2/h8,10,14-17,20-22,24-25,46,66,70H,6-7,9,11-13,18-19,23,26-45,47-65H2,1-5H3/b10-8-,16-14-,17-15-,22-20-,25-24-,46-21-. The molecule has 0 rings (SSSR count).